The Morgan fingerprint density at radius 3 is 2.86 bits per heavy atom. The molecule has 1 aromatic heterocycles. The quantitative estimate of drug-likeness (QED) is 0.475. The number of rotatable bonds is 7. The number of hydrogen-bond donors (Lipinski definition) is 1. The van der Waals surface area contributed by atoms with Crippen LogP contribution in [0.3, 0.4) is 0 Å². The van der Waals surface area contributed by atoms with Crippen molar-refractivity contribution in [1.29, 1.82) is 0 Å². The number of hydrogen-bond acceptors (Lipinski definition) is 4. The highest BCUT2D eigenvalue weighted by Gasteiger charge is 2.12. The van der Waals surface area contributed by atoms with Crippen LogP contribution >= 0.6 is 23.4 Å². The van der Waals surface area contributed by atoms with Gasteiger partial charge in [0.2, 0.25) is 0 Å². The molecule has 0 aliphatic carbocycles. The van der Waals surface area contributed by atoms with Crippen molar-refractivity contribution in [3.8, 4) is 0 Å². The monoisotopic (exact) mass is 340 g/mol. The van der Waals surface area contributed by atoms with Gasteiger partial charge in [-0.2, -0.15) is 0 Å². The van der Waals surface area contributed by atoms with Crippen molar-refractivity contribution >= 4 is 34.3 Å². The van der Waals surface area contributed by atoms with Gasteiger partial charge in [-0.3, -0.25) is 9.36 Å². The fourth-order valence-electron chi connectivity index (χ4n) is 2.10. The van der Waals surface area contributed by atoms with Gasteiger partial charge in [-0.15, -0.1) is 0 Å². The van der Waals surface area contributed by atoms with E-state index in [1.165, 1.54) is 11.8 Å². The molecule has 0 aliphatic rings. The summed E-state index contributed by atoms with van der Waals surface area (Å²) in [5, 5.41) is 10.8. The number of nitrogens with zero attached hydrogens (tertiary/aromatic N) is 2. The van der Waals surface area contributed by atoms with E-state index in [4.69, 9.17) is 16.7 Å². The zero-order valence-corrected chi connectivity index (χ0v) is 14.5. The topological polar surface area (TPSA) is 55.1 Å². The largest absolute Gasteiger partial charge is 0.396 e. The minimum atomic E-state index is -0.0196. The molecule has 2 aromatic rings. The zero-order valence-electron chi connectivity index (χ0n) is 12.9. The lowest BCUT2D eigenvalue weighted by atomic mass is 10.1. The van der Waals surface area contributed by atoms with Crippen LogP contribution < -0.4 is 5.56 Å². The molecule has 1 heterocycles. The Kier molecular flexibility index (Phi) is 6.29. The van der Waals surface area contributed by atoms with Crippen molar-refractivity contribution in [3.63, 3.8) is 0 Å². The Bertz CT molecular complexity index is 700. The highest BCUT2D eigenvalue weighted by Crippen LogP contribution is 2.21. The molecule has 0 bridgehead atoms. The third-order valence-corrected chi connectivity index (χ3v) is 4.64. The summed E-state index contributed by atoms with van der Waals surface area (Å²) in [6.07, 6.45) is 1.60. The summed E-state index contributed by atoms with van der Waals surface area (Å²) in [4.78, 5) is 17.3. The number of benzene rings is 1. The van der Waals surface area contributed by atoms with Crippen LogP contribution in [0.5, 0.6) is 0 Å². The van der Waals surface area contributed by atoms with Gasteiger partial charge in [0.1, 0.15) is 0 Å². The summed E-state index contributed by atoms with van der Waals surface area (Å²) >= 11 is 7.51. The van der Waals surface area contributed by atoms with E-state index in [-0.39, 0.29) is 12.2 Å². The average molecular weight is 341 g/mol. The van der Waals surface area contributed by atoms with E-state index >= 15 is 0 Å². The lowest BCUT2D eigenvalue weighted by molar-refractivity contribution is 0.296. The second-order valence-electron chi connectivity index (χ2n) is 5.62. The maximum Gasteiger partial charge on any atom is 0.262 e. The van der Waals surface area contributed by atoms with E-state index in [1.807, 2.05) is 0 Å². The van der Waals surface area contributed by atoms with Crippen molar-refractivity contribution in [2.75, 3.05) is 12.4 Å². The minimum Gasteiger partial charge on any atom is -0.396 e. The predicted molar refractivity (Wildman–Crippen MR) is 92.9 cm³/mol. The van der Waals surface area contributed by atoms with E-state index in [1.54, 1.807) is 22.8 Å². The first-order valence-electron chi connectivity index (χ1n) is 7.46. The van der Waals surface area contributed by atoms with Gasteiger partial charge >= 0.3 is 0 Å². The van der Waals surface area contributed by atoms with Crippen molar-refractivity contribution in [2.24, 2.45) is 5.92 Å². The highest BCUT2D eigenvalue weighted by atomic mass is 35.5. The fourth-order valence-corrected chi connectivity index (χ4v) is 3.21. The van der Waals surface area contributed by atoms with Crippen LogP contribution in [-0.4, -0.2) is 27.0 Å². The first-order valence-corrected chi connectivity index (χ1v) is 8.83. The van der Waals surface area contributed by atoms with E-state index in [0.29, 0.717) is 40.0 Å². The molecule has 22 heavy (non-hydrogen) atoms. The third kappa shape index (κ3) is 4.24. The number of aliphatic hydroxyl groups is 1. The van der Waals surface area contributed by atoms with Crippen molar-refractivity contribution in [1.82, 2.24) is 9.55 Å². The van der Waals surface area contributed by atoms with Crippen LogP contribution in [0, 0.1) is 5.92 Å². The number of fused-ring (bicyclic) bond motifs is 1. The molecule has 0 aliphatic heterocycles. The molecule has 6 heteroatoms. The smallest absolute Gasteiger partial charge is 0.262 e. The summed E-state index contributed by atoms with van der Waals surface area (Å²) in [7, 11) is 0. The Labute approximate surface area is 139 Å². The molecule has 0 atom stereocenters. The molecule has 1 N–H and O–H groups in total. The molecular weight excluding hydrogens is 320 g/mol. The molecule has 0 saturated heterocycles. The van der Waals surface area contributed by atoms with Gasteiger partial charge in [0.25, 0.3) is 5.56 Å². The second kappa shape index (κ2) is 7.99. The van der Waals surface area contributed by atoms with Gasteiger partial charge in [-0.25, -0.2) is 4.98 Å². The van der Waals surface area contributed by atoms with Crippen LogP contribution in [0.4, 0.5) is 0 Å². The molecule has 0 radical (unpaired) electrons. The van der Waals surface area contributed by atoms with Gasteiger partial charge in [0.15, 0.2) is 5.16 Å². The number of halogens is 1. The van der Waals surface area contributed by atoms with Crippen LogP contribution in [0.25, 0.3) is 10.9 Å². The summed E-state index contributed by atoms with van der Waals surface area (Å²) < 4.78 is 1.75. The van der Waals surface area contributed by atoms with Gasteiger partial charge in [0, 0.05) is 23.9 Å². The van der Waals surface area contributed by atoms with E-state index in [0.717, 1.165) is 12.2 Å². The second-order valence-corrected chi connectivity index (χ2v) is 7.12. The minimum absolute atomic E-state index is 0.0196. The fraction of sp³-hybridized carbons (Fsp3) is 0.500. The van der Waals surface area contributed by atoms with Crippen molar-refractivity contribution < 1.29 is 5.11 Å². The Morgan fingerprint density at radius 2 is 2.18 bits per heavy atom. The van der Waals surface area contributed by atoms with Gasteiger partial charge in [-0.1, -0.05) is 37.2 Å². The van der Waals surface area contributed by atoms with Crippen molar-refractivity contribution in [2.45, 2.75) is 38.4 Å². The molecule has 4 nitrogen and oxygen atoms in total. The molecule has 0 fully saturated rings. The molecular formula is C16H21ClN2O2S. The maximum atomic E-state index is 12.7. The molecule has 120 valence electrons. The number of aromatic nitrogens is 2. The molecule has 1 aromatic carbocycles. The zero-order chi connectivity index (χ0) is 16.1. The standard InChI is InChI=1S/C16H21ClN2O2S/c1-11(2)6-7-19-15(21)13-5-4-12(17)10-14(13)18-16(19)22-9-3-8-20/h4-5,10-11,20H,3,6-9H2,1-2H3. The lowest BCUT2D eigenvalue weighted by Gasteiger charge is -2.14. The van der Waals surface area contributed by atoms with Gasteiger partial charge in [0.05, 0.1) is 10.9 Å². The summed E-state index contributed by atoms with van der Waals surface area (Å²) in [6, 6.07) is 5.18. The summed E-state index contributed by atoms with van der Waals surface area (Å²) in [5.41, 5.74) is 0.610. The predicted octanol–water partition coefficient (Wildman–Crippen LogP) is 3.57. The lowest BCUT2D eigenvalue weighted by Crippen LogP contribution is -2.24. The van der Waals surface area contributed by atoms with Crippen LogP contribution in [0.2, 0.25) is 5.02 Å². The third-order valence-electron chi connectivity index (χ3n) is 3.35. The van der Waals surface area contributed by atoms with Gasteiger partial charge in [-0.05, 0) is 37.0 Å². The summed E-state index contributed by atoms with van der Waals surface area (Å²) in [5.74, 6) is 1.25. The number of aliphatic hydroxyl groups excluding tert-OH is 1. The highest BCUT2D eigenvalue weighted by molar-refractivity contribution is 7.99. The van der Waals surface area contributed by atoms with Crippen LogP contribution in [0.15, 0.2) is 28.2 Å². The molecule has 2 rings (SSSR count). The van der Waals surface area contributed by atoms with E-state index < -0.39 is 0 Å². The molecule has 0 saturated carbocycles. The van der Waals surface area contributed by atoms with Gasteiger partial charge < -0.3 is 5.11 Å². The first kappa shape index (κ1) is 17.3. The SMILES string of the molecule is CC(C)CCn1c(SCCCO)nc2cc(Cl)ccc2c1=O. The van der Waals surface area contributed by atoms with Crippen molar-refractivity contribution in [3.05, 3.63) is 33.6 Å². The van der Waals surface area contributed by atoms with E-state index in [2.05, 4.69) is 18.8 Å². The Morgan fingerprint density at radius 1 is 1.41 bits per heavy atom. The van der Waals surface area contributed by atoms with Crippen LogP contribution in [-0.2, 0) is 6.54 Å². The average Bonchev–Trinajstić information content (AvgIpc) is 2.46. The first-order chi connectivity index (χ1) is 10.5. The normalized spacial score (nSPS) is 11.5. The van der Waals surface area contributed by atoms with Crippen LogP contribution in [0.1, 0.15) is 26.7 Å². The summed E-state index contributed by atoms with van der Waals surface area (Å²) in [6.45, 7) is 5.07. The molecule has 0 amide bonds. The Hall–Kier alpha value is -1.04. The molecule has 0 spiro atoms. The van der Waals surface area contributed by atoms with E-state index in [9.17, 15) is 4.79 Å². The maximum absolute atomic E-state index is 12.7. The number of thioether (sulfide) groups is 1. The molecule has 0 unspecified atom stereocenters. The Balaban J connectivity index is 2.46.